The van der Waals surface area contributed by atoms with Crippen LogP contribution >= 0.6 is 0 Å². The van der Waals surface area contributed by atoms with Crippen molar-refractivity contribution < 1.29 is 19.8 Å². The van der Waals surface area contributed by atoms with Gasteiger partial charge in [-0.2, -0.15) is 0 Å². The van der Waals surface area contributed by atoms with Gasteiger partial charge in [0, 0.05) is 0 Å². The van der Waals surface area contributed by atoms with Crippen molar-refractivity contribution in [2.75, 3.05) is 0 Å². The van der Waals surface area contributed by atoms with Crippen LogP contribution in [0.5, 0.6) is 5.75 Å². The highest BCUT2D eigenvalue weighted by Gasteiger charge is 2.23. The number of carboxylic acids is 1. The van der Waals surface area contributed by atoms with E-state index in [4.69, 9.17) is 10.8 Å². The van der Waals surface area contributed by atoms with Gasteiger partial charge < -0.3 is 15.9 Å². The van der Waals surface area contributed by atoms with Crippen molar-refractivity contribution in [1.29, 1.82) is 0 Å². The molecule has 0 aliphatic heterocycles. The van der Waals surface area contributed by atoms with Crippen molar-refractivity contribution in [1.82, 2.24) is 0 Å². The summed E-state index contributed by atoms with van der Waals surface area (Å²) in [6.07, 6.45) is 0.117. The number of aliphatic carboxylic acids is 1. The molecule has 0 aliphatic carbocycles. The molecule has 4 N–H and O–H groups in total. The number of rotatable bonds is 5. The van der Waals surface area contributed by atoms with E-state index in [1.807, 2.05) is 6.92 Å². The van der Waals surface area contributed by atoms with Crippen LogP contribution < -0.4 is 5.73 Å². The molecular weight excluding hydrogens is 222 g/mol. The van der Waals surface area contributed by atoms with Crippen molar-refractivity contribution in [3.8, 4) is 5.75 Å². The van der Waals surface area contributed by atoms with Crippen molar-refractivity contribution in [2.24, 2.45) is 5.73 Å². The van der Waals surface area contributed by atoms with Gasteiger partial charge in [-0.1, -0.05) is 19.1 Å². The van der Waals surface area contributed by atoms with Crippen LogP contribution in [0.2, 0.25) is 0 Å². The number of Topliss-reactive ketones (excluding diaryl/α,β-unsaturated/α-hetero) is 1. The van der Waals surface area contributed by atoms with E-state index in [0.29, 0.717) is 12.0 Å². The van der Waals surface area contributed by atoms with Crippen molar-refractivity contribution >= 4 is 11.8 Å². The highest BCUT2D eigenvalue weighted by molar-refractivity contribution is 6.04. The van der Waals surface area contributed by atoms with E-state index in [1.165, 1.54) is 6.07 Å². The van der Waals surface area contributed by atoms with Gasteiger partial charge in [-0.05, 0) is 18.1 Å². The smallest absolute Gasteiger partial charge is 0.305 e. The Labute approximate surface area is 98.9 Å². The molecule has 0 saturated heterocycles. The van der Waals surface area contributed by atoms with Gasteiger partial charge in [0.15, 0.2) is 5.78 Å². The average Bonchev–Trinajstić information content (AvgIpc) is 2.26. The molecule has 5 heteroatoms. The first-order valence-corrected chi connectivity index (χ1v) is 5.29. The maximum absolute atomic E-state index is 11.9. The summed E-state index contributed by atoms with van der Waals surface area (Å²) in [6, 6.07) is 3.60. The molecule has 0 saturated carbocycles. The second-order valence-corrected chi connectivity index (χ2v) is 3.73. The lowest BCUT2D eigenvalue weighted by atomic mass is 9.95. The van der Waals surface area contributed by atoms with E-state index in [2.05, 4.69) is 0 Å². The topological polar surface area (TPSA) is 101 Å². The number of ketones is 1. The summed E-state index contributed by atoms with van der Waals surface area (Å²) in [4.78, 5) is 22.4. The minimum atomic E-state index is -1.14. The Bertz CT molecular complexity index is 442. The van der Waals surface area contributed by atoms with Crippen LogP contribution in [0, 0.1) is 0 Å². The zero-order valence-corrected chi connectivity index (χ0v) is 9.51. The lowest BCUT2D eigenvalue weighted by molar-refractivity contribution is -0.137. The molecule has 0 bridgehead atoms. The third-order valence-electron chi connectivity index (χ3n) is 2.49. The maximum atomic E-state index is 11.9. The molecule has 92 valence electrons. The predicted molar refractivity (Wildman–Crippen MR) is 62.0 cm³/mol. The molecule has 1 atom stereocenters. The highest BCUT2D eigenvalue weighted by Crippen LogP contribution is 2.23. The number of phenolic OH excluding ortho intramolecular Hbond substituents is 1. The summed E-state index contributed by atoms with van der Waals surface area (Å²) in [5, 5.41) is 18.2. The Morgan fingerprint density at radius 2 is 2.06 bits per heavy atom. The number of benzene rings is 1. The van der Waals surface area contributed by atoms with Gasteiger partial charge in [-0.15, -0.1) is 0 Å². The number of hydrogen-bond acceptors (Lipinski definition) is 4. The Hall–Kier alpha value is -1.88. The molecule has 0 radical (unpaired) electrons. The van der Waals surface area contributed by atoms with Crippen LogP contribution in [0.15, 0.2) is 18.2 Å². The molecule has 1 aromatic rings. The Morgan fingerprint density at radius 1 is 1.41 bits per heavy atom. The molecule has 1 rings (SSSR count). The molecule has 0 aliphatic rings. The number of nitrogens with two attached hydrogens (primary N) is 1. The number of phenols is 1. The molecule has 1 unspecified atom stereocenters. The Morgan fingerprint density at radius 3 is 2.59 bits per heavy atom. The number of carbonyl (C=O) groups is 2. The van der Waals surface area contributed by atoms with Crippen LogP contribution in [0.25, 0.3) is 0 Å². The van der Waals surface area contributed by atoms with Gasteiger partial charge in [-0.25, -0.2) is 0 Å². The van der Waals surface area contributed by atoms with Crippen molar-refractivity contribution in [3.05, 3.63) is 29.3 Å². The summed E-state index contributed by atoms with van der Waals surface area (Å²) in [7, 11) is 0. The number of aryl methyl sites for hydroxylation is 1. The SMILES string of the molecule is CCc1cccc(O)c1C(=O)C(N)CC(=O)O. The minimum Gasteiger partial charge on any atom is -0.507 e. The summed E-state index contributed by atoms with van der Waals surface area (Å²) < 4.78 is 0. The monoisotopic (exact) mass is 237 g/mol. The zero-order valence-electron chi connectivity index (χ0n) is 9.51. The normalized spacial score (nSPS) is 12.1. The van der Waals surface area contributed by atoms with E-state index >= 15 is 0 Å². The number of carbonyl (C=O) groups excluding carboxylic acids is 1. The van der Waals surface area contributed by atoms with Crippen LogP contribution in [0.4, 0.5) is 0 Å². The molecule has 17 heavy (non-hydrogen) atoms. The highest BCUT2D eigenvalue weighted by atomic mass is 16.4. The second kappa shape index (κ2) is 5.45. The van der Waals surface area contributed by atoms with E-state index in [-0.39, 0.29) is 11.3 Å². The predicted octanol–water partition coefficient (Wildman–Crippen LogP) is 0.939. The fourth-order valence-electron chi connectivity index (χ4n) is 1.63. The van der Waals surface area contributed by atoms with Gasteiger partial charge in [-0.3, -0.25) is 9.59 Å². The van der Waals surface area contributed by atoms with Crippen LogP contribution in [0.3, 0.4) is 0 Å². The first kappa shape index (κ1) is 13.2. The summed E-state index contributed by atoms with van der Waals surface area (Å²) >= 11 is 0. The summed E-state index contributed by atoms with van der Waals surface area (Å²) in [5.41, 5.74) is 6.29. The van der Waals surface area contributed by atoms with Crippen molar-refractivity contribution in [3.63, 3.8) is 0 Å². The Balaban J connectivity index is 3.07. The zero-order chi connectivity index (χ0) is 13.0. The van der Waals surface area contributed by atoms with Crippen LogP contribution in [0.1, 0.15) is 29.3 Å². The molecule has 0 aromatic heterocycles. The third kappa shape index (κ3) is 3.04. The first-order valence-electron chi connectivity index (χ1n) is 5.29. The lowest BCUT2D eigenvalue weighted by Crippen LogP contribution is -2.33. The standard InChI is InChI=1S/C12H15NO4/c1-2-7-4-3-5-9(14)11(7)12(17)8(13)6-10(15)16/h3-5,8,14H,2,6,13H2,1H3,(H,15,16). The molecule has 0 amide bonds. The number of carboxylic acid groups (broad SMARTS) is 1. The molecular formula is C12H15NO4. The molecule has 0 fully saturated rings. The number of aromatic hydroxyl groups is 1. The third-order valence-corrected chi connectivity index (χ3v) is 2.49. The van der Waals surface area contributed by atoms with Gasteiger partial charge in [0.05, 0.1) is 18.0 Å². The first-order chi connectivity index (χ1) is 7.97. The van der Waals surface area contributed by atoms with Crippen molar-refractivity contribution in [2.45, 2.75) is 25.8 Å². The maximum Gasteiger partial charge on any atom is 0.305 e. The van der Waals surface area contributed by atoms with E-state index < -0.39 is 24.2 Å². The molecule has 0 spiro atoms. The minimum absolute atomic E-state index is 0.128. The average molecular weight is 237 g/mol. The largest absolute Gasteiger partial charge is 0.507 e. The molecule has 0 heterocycles. The fourth-order valence-corrected chi connectivity index (χ4v) is 1.63. The second-order valence-electron chi connectivity index (χ2n) is 3.73. The van der Waals surface area contributed by atoms with E-state index in [1.54, 1.807) is 12.1 Å². The van der Waals surface area contributed by atoms with Gasteiger partial charge in [0.2, 0.25) is 0 Å². The quantitative estimate of drug-likeness (QED) is 0.661. The van der Waals surface area contributed by atoms with Crippen LogP contribution in [-0.4, -0.2) is 28.0 Å². The fraction of sp³-hybridized carbons (Fsp3) is 0.333. The summed E-state index contributed by atoms with van der Waals surface area (Å²) in [5.74, 6) is -1.84. The molecule has 5 nitrogen and oxygen atoms in total. The van der Waals surface area contributed by atoms with Gasteiger partial charge >= 0.3 is 5.97 Å². The molecule has 1 aromatic carbocycles. The summed E-state index contributed by atoms with van der Waals surface area (Å²) in [6.45, 7) is 1.84. The van der Waals surface area contributed by atoms with E-state index in [0.717, 1.165) is 0 Å². The lowest BCUT2D eigenvalue weighted by Gasteiger charge is -2.12. The van der Waals surface area contributed by atoms with Gasteiger partial charge in [0.25, 0.3) is 0 Å². The Kier molecular flexibility index (Phi) is 4.23. The van der Waals surface area contributed by atoms with Gasteiger partial charge in [0.1, 0.15) is 5.75 Å². The number of hydrogen-bond donors (Lipinski definition) is 3. The van der Waals surface area contributed by atoms with E-state index in [9.17, 15) is 14.7 Å². The van der Waals surface area contributed by atoms with Crippen LogP contribution in [-0.2, 0) is 11.2 Å².